The molecule has 1 saturated heterocycles. The van der Waals surface area contributed by atoms with Gasteiger partial charge in [-0.2, -0.15) is 0 Å². The van der Waals surface area contributed by atoms with Gasteiger partial charge in [0.25, 0.3) is 0 Å². The molecule has 0 bridgehead atoms. The van der Waals surface area contributed by atoms with E-state index in [0.717, 1.165) is 19.3 Å². The maximum absolute atomic E-state index is 11.6. The number of carbonyl (C=O) groups is 1. The second kappa shape index (κ2) is 6.08. The van der Waals surface area contributed by atoms with E-state index in [0.29, 0.717) is 13.2 Å². The minimum absolute atomic E-state index is 0.0397. The van der Waals surface area contributed by atoms with E-state index in [1.807, 2.05) is 6.92 Å². The number of carbonyl (C=O) groups excluding carboxylic acids is 1. The van der Waals surface area contributed by atoms with Crippen LogP contribution in [0.3, 0.4) is 0 Å². The van der Waals surface area contributed by atoms with Gasteiger partial charge in [-0.25, -0.2) is 0 Å². The quantitative estimate of drug-likeness (QED) is 0.706. The number of hydrogen-bond donors (Lipinski definition) is 2. The predicted molar refractivity (Wildman–Crippen MR) is 59.4 cm³/mol. The summed E-state index contributed by atoms with van der Waals surface area (Å²) in [5, 5.41) is 2.91. The number of amides is 1. The first-order chi connectivity index (χ1) is 7.13. The molecule has 1 aliphatic heterocycles. The molecule has 0 aromatic heterocycles. The van der Waals surface area contributed by atoms with Crippen LogP contribution >= 0.6 is 0 Å². The number of nitrogens with two attached hydrogens (primary N) is 1. The molecule has 1 amide bonds. The van der Waals surface area contributed by atoms with E-state index in [2.05, 4.69) is 12.2 Å². The Morgan fingerprint density at radius 2 is 2.40 bits per heavy atom. The van der Waals surface area contributed by atoms with Crippen LogP contribution in [0.5, 0.6) is 0 Å². The lowest BCUT2D eigenvalue weighted by Gasteiger charge is -2.11. The van der Waals surface area contributed by atoms with Gasteiger partial charge in [0.15, 0.2) is 0 Å². The van der Waals surface area contributed by atoms with Gasteiger partial charge >= 0.3 is 0 Å². The van der Waals surface area contributed by atoms with Crippen LogP contribution in [-0.2, 0) is 9.53 Å². The topological polar surface area (TPSA) is 64.3 Å². The van der Waals surface area contributed by atoms with Gasteiger partial charge in [-0.05, 0) is 26.2 Å². The summed E-state index contributed by atoms with van der Waals surface area (Å²) in [5.74, 6) is 0.153. The molecule has 88 valence electrons. The molecule has 3 atom stereocenters. The van der Waals surface area contributed by atoms with E-state index in [-0.39, 0.29) is 24.0 Å². The van der Waals surface area contributed by atoms with Crippen molar-refractivity contribution in [2.75, 3.05) is 13.2 Å². The highest BCUT2D eigenvalue weighted by molar-refractivity contribution is 5.79. The molecular formula is C11H22N2O2. The Morgan fingerprint density at radius 3 is 2.93 bits per heavy atom. The standard InChI is InChI=1S/C11H22N2O2/c1-3-10(12)4-5-13-11(14)9-6-8(2)15-7-9/h8-10H,3-7,12H2,1-2H3,(H,13,14). The molecule has 1 rings (SSSR count). The Labute approximate surface area is 91.5 Å². The molecule has 4 heteroatoms. The second-order valence-corrected chi connectivity index (χ2v) is 4.32. The van der Waals surface area contributed by atoms with Crippen molar-refractivity contribution in [2.45, 2.75) is 45.3 Å². The van der Waals surface area contributed by atoms with Gasteiger partial charge in [-0.1, -0.05) is 6.92 Å². The number of hydrogen-bond acceptors (Lipinski definition) is 3. The Hall–Kier alpha value is -0.610. The van der Waals surface area contributed by atoms with Crippen molar-refractivity contribution >= 4 is 5.91 Å². The van der Waals surface area contributed by atoms with E-state index in [1.54, 1.807) is 0 Å². The van der Waals surface area contributed by atoms with E-state index >= 15 is 0 Å². The van der Waals surface area contributed by atoms with Gasteiger partial charge in [0, 0.05) is 12.6 Å². The molecule has 4 nitrogen and oxygen atoms in total. The van der Waals surface area contributed by atoms with Crippen molar-refractivity contribution < 1.29 is 9.53 Å². The van der Waals surface area contributed by atoms with Crippen molar-refractivity contribution in [3.05, 3.63) is 0 Å². The Kier molecular flexibility index (Phi) is 5.05. The minimum atomic E-state index is 0.0397. The summed E-state index contributed by atoms with van der Waals surface area (Å²) < 4.78 is 5.35. The molecule has 0 aliphatic carbocycles. The van der Waals surface area contributed by atoms with E-state index < -0.39 is 0 Å². The smallest absolute Gasteiger partial charge is 0.225 e. The molecule has 3 N–H and O–H groups in total. The van der Waals surface area contributed by atoms with Gasteiger partial charge in [-0.3, -0.25) is 4.79 Å². The van der Waals surface area contributed by atoms with Gasteiger partial charge in [0.05, 0.1) is 18.6 Å². The fraction of sp³-hybridized carbons (Fsp3) is 0.909. The van der Waals surface area contributed by atoms with Gasteiger partial charge in [-0.15, -0.1) is 0 Å². The minimum Gasteiger partial charge on any atom is -0.378 e. The third-order valence-electron chi connectivity index (χ3n) is 2.91. The van der Waals surface area contributed by atoms with E-state index in [9.17, 15) is 4.79 Å². The summed E-state index contributed by atoms with van der Waals surface area (Å²) >= 11 is 0. The molecule has 0 aromatic carbocycles. The fourth-order valence-electron chi connectivity index (χ4n) is 1.73. The van der Waals surface area contributed by atoms with E-state index in [4.69, 9.17) is 10.5 Å². The highest BCUT2D eigenvalue weighted by Crippen LogP contribution is 2.18. The lowest BCUT2D eigenvalue weighted by Crippen LogP contribution is -2.34. The summed E-state index contributed by atoms with van der Waals surface area (Å²) in [6.45, 7) is 5.30. The molecular weight excluding hydrogens is 192 g/mol. The average Bonchev–Trinajstić information content (AvgIpc) is 2.64. The van der Waals surface area contributed by atoms with E-state index in [1.165, 1.54) is 0 Å². The Balaban J connectivity index is 2.13. The molecule has 1 aliphatic rings. The monoisotopic (exact) mass is 214 g/mol. The van der Waals surface area contributed by atoms with Crippen LogP contribution in [0.1, 0.15) is 33.1 Å². The average molecular weight is 214 g/mol. The SMILES string of the molecule is CCC(N)CCNC(=O)C1COC(C)C1. The Bertz CT molecular complexity index is 209. The van der Waals surface area contributed by atoms with Crippen LogP contribution in [-0.4, -0.2) is 31.2 Å². The third kappa shape index (κ3) is 4.18. The van der Waals surface area contributed by atoms with Crippen LogP contribution < -0.4 is 11.1 Å². The number of nitrogens with one attached hydrogen (secondary N) is 1. The van der Waals surface area contributed by atoms with Crippen LogP contribution in [0.15, 0.2) is 0 Å². The molecule has 3 unspecified atom stereocenters. The zero-order valence-corrected chi connectivity index (χ0v) is 9.66. The van der Waals surface area contributed by atoms with Crippen molar-refractivity contribution in [1.29, 1.82) is 0 Å². The number of ether oxygens (including phenoxy) is 1. The fourth-order valence-corrected chi connectivity index (χ4v) is 1.73. The molecule has 0 aromatic rings. The highest BCUT2D eigenvalue weighted by atomic mass is 16.5. The maximum atomic E-state index is 11.6. The zero-order valence-electron chi connectivity index (χ0n) is 9.66. The Morgan fingerprint density at radius 1 is 1.67 bits per heavy atom. The molecule has 1 fully saturated rings. The molecule has 1 heterocycles. The van der Waals surface area contributed by atoms with Crippen molar-refractivity contribution in [3.8, 4) is 0 Å². The first kappa shape index (κ1) is 12.5. The normalized spacial score (nSPS) is 27.7. The lowest BCUT2D eigenvalue weighted by molar-refractivity contribution is -0.124. The summed E-state index contributed by atoms with van der Waals surface area (Å²) in [6, 6.07) is 0.198. The van der Waals surface area contributed by atoms with Crippen LogP contribution in [0.4, 0.5) is 0 Å². The van der Waals surface area contributed by atoms with Crippen molar-refractivity contribution in [1.82, 2.24) is 5.32 Å². The highest BCUT2D eigenvalue weighted by Gasteiger charge is 2.27. The summed E-state index contributed by atoms with van der Waals surface area (Å²) in [7, 11) is 0. The van der Waals surface area contributed by atoms with Crippen LogP contribution in [0, 0.1) is 5.92 Å². The van der Waals surface area contributed by atoms with Crippen molar-refractivity contribution in [3.63, 3.8) is 0 Å². The number of rotatable bonds is 5. The third-order valence-corrected chi connectivity index (χ3v) is 2.91. The summed E-state index contributed by atoms with van der Waals surface area (Å²) in [6.07, 6.45) is 2.87. The summed E-state index contributed by atoms with van der Waals surface area (Å²) in [5.41, 5.74) is 5.76. The van der Waals surface area contributed by atoms with Gasteiger partial charge in [0.1, 0.15) is 0 Å². The predicted octanol–water partition coefficient (Wildman–Crippen LogP) is 0.655. The largest absolute Gasteiger partial charge is 0.378 e. The molecule has 0 saturated carbocycles. The van der Waals surface area contributed by atoms with Crippen LogP contribution in [0.25, 0.3) is 0 Å². The summed E-state index contributed by atoms with van der Waals surface area (Å²) in [4.78, 5) is 11.6. The molecule has 0 spiro atoms. The molecule has 0 radical (unpaired) electrons. The first-order valence-corrected chi connectivity index (χ1v) is 5.78. The van der Waals surface area contributed by atoms with Crippen LogP contribution in [0.2, 0.25) is 0 Å². The van der Waals surface area contributed by atoms with Crippen molar-refractivity contribution in [2.24, 2.45) is 11.7 Å². The lowest BCUT2D eigenvalue weighted by atomic mass is 10.1. The second-order valence-electron chi connectivity index (χ2n) is 4.32. The first-order valence-electron chi connectivity index (χ1n) is 5.78. The molecule has 15 heavy (non-hydrogen) atoms. The van der Waals surface area contributed by atoms with Gasteiger partial charge < -0.3 is 15.8 Å². The van der Waals surface area contributed by atoms with Gasteiger partial charge in [0.2, 0.25) is 5.91 Å². The zero-order chi connectivity index (χ0) is 11.3. The maximum Gasteiger partial charge on any atom is 0.225 e.